The average Bonchev–Trinajstić information content (AvgIpc) is 3.39. The van der Waals surface area contributed by atoms with E-state index in [1.54, 1.807) is 24.3 Å². The van der Waals surface area contributed by atoms with E-state index in [4.69, 9.17) is 0 Å². The molecule has 5 nitrogen and oxygen atoms in total. The minimum atomic E-state index is -0.326. The first-order valence-corrected chi connectivity index (χ1v) is 10.00. The van der Waals surface area contributed by atoms with Crippen molar-refractivity contribution in [2.45, 2.75) is 20.3 Å². The zero-order chi connectivity index (χ0) is 20.3. The van der Waals surface area contributed by atoms with Crippen molar-refractivity contribution in [2.24, 2.45) is 23.7 Å². The van der Waals surface area contributed by atoms with Crippen molar-refractivity contribution in [1.29, 1.82) is 0 Å². The van der Waals surface area contributed by atoms with Crippen LogP contribution in [-0.4, -0.2) is 17.7 Å². The van der Waals surface area contributed by atoms with Gasteiger partial charge in [0.25, 0.3) is 5.91 Å². The fraction of sp³-hybridized carbons (Fsp3) is 0.292. The first-order valence-electron chi connectivity index (χ1n) is 10.00. The molecule has 5 rings (SSSR count). The molecule has 0 unspecified atom stereocenters. The summed E-state index contributed by atoms with van der Waals surface area (Å²) in [6, 6.07) is 12.6. The van der Waals surface area contributed by atoms with E-state index in [-0.39, 0.29) is 41.4 Å². The van der Waals surface area contributed by atoms with Gasteiger partial charge in [-0.3, -0.25) is 14.4 Å². The number of anilines is 2. The molecule has 2 aromatic rings. The van der Waals surface area contributed by atoms with Crippen molar-refractivity contribution in [3.8, 4) is 0 Å². The minimum Gasteiger partial charge on any atom is -0.322 e. The van der Waals surface area contributed by atoms with Crippen molar-refractivity contribution < 1.29 is 14.4 Å². The Morgan fingerprint density at radius 2 is 1.59 bits per heavy atom. The third-order valence-electron chi connectivity index (χ3n) is 6.71. The molecule has 1 heterocycles. The lowest BCUT2D eigenvalue weighted by Gasteiger charge is -2.20. The van der Waals surface area contributed by atoms with Gasteiger partial charge in [0, 0.05) is 5.69 Å². The predicted molar refractivity (Wildman–Crippen MR) is 111 cm³/mol. The molecule has 146 valence electrons. The van der Waals surface area contributed by atoms with Crippen LogP contribution in [0.5, 0.6) is 0 Å². The Hall–Kier alpha value is -3.21. The van der Waals surface area contributed by atoms with Gasteiger partial charge in [-0.1, -0.05) is 36.4 Å². The number of para-hydroxylation sites is 1. The second-order valence-corrected chi connectivity index (χ2v) is 8.23. The molecule has 2 bridgehead atoms. The Bertz CT molecular complexity index is 1060. The van der Waals surface area contributed by atoms with E-state index >= 15 is 0 Å². The highest BCUT2D eigenvalue weighted by Crippen LogP contribution is 2.53. The Morgan fingerprint density at radius 1 is 0.931 bits per heavy atom. The largest absolute Gasteiger partial charge is 0.322 e. The smallest absolute Gasteiger partial charge is 0.257 e. The van der Waals surface area contributed by atoms with Crippen molar-refractivity contribution in [1.82, 2.24) is 0 Å². The zero-order valence-electron chi connectivity index (χ0n) is 16.4. The van der Waals surface area contributed by atoms with Crippen LogP contribution < -0.4 is 10.2 Å². The molecule has 4 atom stereocenters. The summed E-state index contributed by atoms with van der Waals surface area (Å²) in [5, 5.41) is 2.94. The summed E-state index contributed by atoms with van der Waals surface area (Å²) < 4.78 is 0. The topological polar surface area (TPSA) is 66.5 Å². The predicted octanol–water partition coefficient (Wildman–Crippen LogP) is 3.87. The first-order chi connectivity index (χ1) is 14.0. The summed E-state index contributed by atoms with van der Waals surface area (Å²) in [6.07, 6.45) is 5.02. The minimum absolute atomic E-state index is 0.141. The molecule has 1 saturated heterocycles. The average molecular weight is 386 g/mol. The van der Waals surface area contributed by atoms with Crippen molar-refractivity contribution in [3.63, 3.8) is 0 Å². The molecule has 1 N–H and O–H groups in total. The fourth-order valence-electron chi connectivity index (χ4n) is 5.08. The van der Waals surface area contributed by atoms with E-state index in [2.05, 4.69) is 17.5 Å². The number of hydrogen-bond donors (Lipinski definition) is 1. The number of nitrogens with one attached hydrogen (secondary N) is 1. The number of imide groups is 1. The number of fused-ring (bicyclic) bond motifs is 5. The Morgan fingerprint density at radius 3 is 2.28 bits per heavy atom. The molecular formula is C24H22N2O3. The number of aryl methyl sites for hydroxylation is 1. The molecule has 2 fully saturated rings. The molecule has 29 heavy (non-hydrogen) atoms. The molecule has 0 spiro atoms. The molecule has 0 radical (unpaired) electrons. The summed E-state index contributed by atoms with van der Waals surface area (Å²) in [6.45, 7) is 3.94. The zero-order valence-corrected chi connectivity index (χ0v) is 16.4. The second-order valence-electron chi connectivity index (χ2n) is 8.23. The second kappa shape index (κ2) is 6.41. The van der Waals surface area contributed by atoms with Crippen molar-refractivity contribution >= 4 is 29.1 Å². The van der Waals surface area contributed by atoms with Crippen LogP contribution in [0.4, 0.5) is 11.4 Å². The quantitative estimate of drug-likeness (QED) is 0.643. The summed E-state index contributed by atoms with van der Waals surface area (Å²) >= 11 is 0. The Labute approximate surface area is 169 Å². The lowest BCUT2D eigenvalue weighted by atomic mass is 9.85. The number of benzene rings is 2. The van der Waals surface area contributed by atoms with Gasteiger partial charge in [-0.05, 0) is 61.4 Å². The highest BCUT2D eigenvalue weighted by atomic mass is 16.2. The number of hydrogen-bond acceptors (Lipinski definition) is 3. The molecule has 1 saturated carbocycles. The van der Waals surface area contributed by atoms with Gasteiger partial charge in [-0.2, -0.15) is 0 Å². The van der Waals surface area contributed by atoms with Gasteiger partial charge in [-0.15, -0.1) is 0 Å². The van der Waals surface area contributed by atoms with Gasteiger partial charge in [-0.25, -0.2) is 4.90 Å². The number of rotatable bonds is 3. The van der Waals surface area contributed by atoms with Gasteiger partial charge >= 0.3 is 0 Å². The van der Waals surface area contributed by atoms with E-state index in [0.717, 1.165) is 23.2 Å². The van der Waals surface area contributed by atoms with Gasteiger partial charge in [0.05, 0.1) is 23.1 Å². The summed E-state index contributed by atoms with van der Waals surface area (Å²) in [5.41, 5.74) is 3.50. The van der Waals surface area contributed by atoms with Crippen LogP contribution in [-0.2, 0) is 9.59 Å². The molecule has 3 aliphatic rings. The van der Waals surface area contributed by atoms with Crippen LogP contribution >= 0.6 is 0 Å². The van der Waals surface area contributed by atoms with Gasteiger partial charge in [0.1, 0.15) is 0 Å². The van der Waals surface area contributed by atoms with Gasteiger partial charge in [0.15, 0.2) is 0 Å². The van der Waals surface area contributed by atoms with Crippen LogP contribution in [0.3, 0.4) is 0 Å². The van der Waals surface area contributed by atoms with Crippen LogP contribution in [0, 0.1) is 37.5 Å². The number of carbonyl (C=O) groups excluding carboxylic acids is 3. The molecule has 0 aromatic heterocycles. The summed E-state index contributed by atoms with van der Waals surface area (Å²) in [4.78, 5) is 40.7. The standard InChI is InChI=1S/C24H22N2O3/c1-13-6-5-8-18(14(13)2)25-22(27)17-7-3-4-9-19(17)26-23(28)20-15-10-11-16(12-15)21(20)24(26)29/h3-11,15-16,20-21H,12H2,1-2H3,(H,25,27)/t15-,16-,20+,21+/m0/s1. The maximum atomic E-state index is 13.2. The Balaban J connectivity index is 1.49. The number of allylic oxidation sites excluding steroid dienone is 2. The number of nitrogens with zero attached hydrogens (tertiary/aromatic N) is 1. The molecule has 2 aliphatic carbocycles. The summed E-state index contributed by atoms with van der Waals surface area (Å²) in [7, 11) is 0. The van der Waals surface area contributed by atoms with E-state index in [9.17, 15) is 14.4 Å². The SMILES string of the molecule is Cc1cccc(NC(=O)c2ccccc2N2C(=O)[C@H]3[C@H](C2=O)[C@H]2C=C[C@H]3C2)c1C. The lowest BCUT2D eigenvalue weighted by molar-refractivity contribution is -0.123. The van der Waals surface area contributed by atoms with E-state index < -0.39 is 0 Å². The van der Waals surface area contributed by atoms with E-state index in [1.165, 1.54) is 4.90 Å². The first kappa shape index (κ1) is 17.9. The monoisotopic (exact) mass is 386 g/mol. The molecule has 5 heteroatoms. The molecule has 1 aliphatic heterocycles. The number of amides is 3. The summed E-state index contributed by atoms with van der Waals surface area (Å²) in [5.74, 6) is -0.967. The van der Waals surface area contributed by atoms with Crippen LogP contribution in [0.1, 0.15) is 27.9 Å². The maximum absolute atomic E-state index is 13.2. The van der Waals surface area contributed by atoms with Crippen molar-refractivity contribution in [3.05, 3.63) is 71.3 Å². The van der Waals surface area contributed by atoms with Crippen LogP contribution in [0.2, 0.25) is 0 Å². The van der Waals surface area contributed by atoms with Gasteiger partial charge in [0.2, 0.25) is 11.8 Å². The van der Waals surface area contributed by atoms with E-state index in [1.807, 2.05) is 32.0 Å². The van der Waals surface area contributed by atoms with Crippen LogP contribution in [0.15, 0.2) is 54.6 Å². The molecule has 2 aromatic carbocycles. The highest BCUT2D eigenvalue weighted by Gasteiger charge is 2.59. The van der Waals surface area contributed by atoms with E-state index in [0.29, 0.717) is 11.3 Å². The third kappa shape index (κ3) is 2.57. The highest BCUT2D eigenvalue weighted by molar-refractivity contribution is 6.25. The van der Waals surface area contributed by atoms with Gasteiger partial charge < -0.3 is 5.32 Å². The molecule has 3 amide bonds. The Kier molecular flexibility index (Phi) is 3.95. The fourth-order valence-corrected chi connectivity index (χ4v) is 5.08. The maximum Gasteiger partial charge on any atom is 0.257 e. The lowest BCUT2D eigenvalue weighted by Crippen LogP contribution is -2.34. The van der Waals surface area contributed by atoms with Crippen LogP contribution in [0.25, 0.3) is 0 Å². The normalized spacial score (nSPS) is 26.9. The van der Waals surface area contributed by atoms with Crippen molar-refractivity contribution in [2.75, 3.05) is 10.2 Å². The molecular weight excluding hydrogens is 364 g/mol. The number of carbonyl (C=O) groups is 3. The third-order valence-corrected chi connectivity index (χ3v) is 6.71.